The van der Waals surface area contributed by atoms with Crippen molar-refractivity contribution in [1.82, 2.24) is 0 Å². The van der Waals surface area contributed by atoms with Gasteiger partial charge in [-0.25, -0.2) is 0 Å². The number of carbonyl (C=O) groups excluding carboxylic acids is 2. The van der Waals surface area contributed by atoms with Crippen LogP contribution in [-0.2, 0) is 17.1 Å². The molecule has 0 N–H and O–H groups in total. The fourth-order valence-electron chi connectivity index (χ4n) is 4.34. The number of rotatable bonds is 4. The first-order chi connectivity index (χ1) is 16.8. The second-order valence-electron chi connectivity index (χ2n) is 8.16. The van der Waals surface area contributed by atoms with Crippen LogP contribution in [0, 0.1) is 0 Å². The Morgan fingerprint density at radius 3 is 1.66 bits per heavy atom. The third-order valence-corrected chi connectivity index (χ3v) is 6.03. The molecule has 0 aliphatic rings. The van der Waals surface area contributed by atoms with E-state index in [0.717, 1.165) is 45.2 Å². The Morgan fingerprint density at radius 2 is 1.11 bits per heavy atom. The van der Waals surface area contributed by atoms with Gasteiger partial charge in [0.2, 0.25) is 0 Å². The van der Waals surface area contributed by atoms with Crippen molar-refractivity contribution in [3.05, 3.63) is 132 Å². The second-order valence-corrected chi connectivity index (χ2v) is 8.16. The molecular weight excluding hydrogens is 472 g/mol. The number of carbonyl (C=O) groups is 2. The first-order valence-corrected chi connectivity index (χ1v) is 11.2. The maximum atomic E-state index is 10.8. The van der Waals surface area contributed by atoms with Crippen LogP contribution in [0.3, 0.4) is 0 Å². The van der Waals surface area contributed by atoms with Crippen molar-refractivity contribution in [3.8, 4) is 22.3 Å². The van der Waals surface area contributed by atoms with Crippen LogP contribution < -0.4 is 0 Å². The Morgan fingerprint density at radius 1 is 0.600 bits per heavy atom. The topological polar surface area (TPSA) is 34.1 Å². The van der Waals surface area contributed by atoms with Crippen LogP contribution in [0.25, 0.3) is 43.8 Å². The van der Waals surface area contributed by atoms with E-state index in [9.17, 15) is 9.59 Å². The van der Waals surface area contributed by atoms with Gasteiger partial charge in [0.1, 0.15) is 12.6 Å². The summed E-state index contributed by atoms with van der Waals surface area (Å²) in [6.45, 7) is 0. The maximum absolute atomic E-state index is 10.8. The molecule has 0 aliphatic carbocycles. The van der Waals surface area contributed by atoms with Crippen molar-refractivity contribution in [3.63, 3.8) is 0 Å². The molecule has 0 unspecified atom stereocenters. The van der Waals surface area contributed by atoms with Gasteiger partial charge in [-0.3, -0.25) is 9.59 Å². The summed E-state index contributed by atoms with van der Waals surface area (Å²) in [5, 5.41) is 4.58. The molecular formula is C32H22FeO2-6. The molecule has 0 radical (unpaired) electrons. The van der Waals surface area contributed by atoms with E-state index in [1.165, 1.54) is 22.3 Å². The number of fused-ring (bicyclic) bond motifs is 2. The molecule has 0 heterocycles. The molecule has 35 heavy (non-hydrogen) atoms. The van der Waals surface area contributed by atoms with Crippen molar-refractivity contribution in [1.29, 1.82) is 0 Å². The molecule has 6 aromatic carbocycles. The van der Waals surface area contributed by atoms with Crippen LogP contribution in [0.1, 0.15) is 20.7 Å². The molecule has 0 fully saturated rings. The SMILES string of the molecule is O=Cc1ccc2cccc(-[c-]3[cH-][cH-][cH-][cH-]3)c2c1.O=Cc1ccc2cccc(-[c-]3cccc3)c2c1.[Fe]. The smallest absolute Gasteiger partial charge is 0.149 e. The Bertz CT molecular complexity index is 1450. The van der Waals surface area contributed by atoms with Gasteiger partial charge in [-0.05, 0) is 5.56 Å². The average molecular weight is 494 g/mol. The molecule has 0 aliphatic heterocycles. The van der Waals surface area contributed by atoms with Gasteiger partial charge in [-0.15, -0.1) is 35.2 Å². The summed E-state index contributed by atoms with van der Waals surface area (Å²) < 4.78 is 0. The average Bonchev–Trinajstić information content (AvgIpc) is 3.63. The van der Waals surface area contributed by atoms with Crippen LogP contribution in [0.15, 0.2) is 121 Å². The predicted molar refractivity (Wildman–Crippen MR) is 141 cm³/mol. The fourth-order valence-corrected chi connectivity index (χ4v) is 4.34. The zero-order valence-corrected chi connectivity index (χ0v) is 20.0. The maximum Gasteiger partial charge on any atom is 0.149 e. The Kier molecular flexibility index (Phi) is 7.52. The van der Waals surface area contributed by atoms with Crippen molar-refractivity contribution in [2.75, 3.05) is 0 Å². The summed E-state index contributed by atoms with van der Waals surface area (Å²) in [6, 6.07) is 40.4. The molecule has 0 saturated carbocycles. The minimum atomic E-state index is 0. The van der Waals surface area contributed by atoms with Crippen LogP contribution in [0.4, 0.5) is 0 Å². The summed E-state index contributed by atoms with van der Waals surface area (Å²) >= 11 is 0. The van der Waals surface area contributed by atoms with E-state index in [1.54, 1.807) is 0 Å². The summed E-state index contributed by atoms with van der Waals surface area (Å²) in [4.78, 5) is 21.7. The summed E-state index contributed by atoms with van der Waals surface area (Å²) in [5.41, 5.74) is 6.18. The van der Waals surface area contributed by atoms with Crippen molar-refractivity contribution in [2.24, 2.45) is 0 Å². The van der Waals surface area contributed by atoms with Crippen molar-refractivity contribution >= 4 is 34.1 Å². The van der Waals surface area contributed by atoms with Gasteiger partial charge < -0.3 is 46.8 Å². The molecule has 3 heteroatoms. The third kappa shape index (κ3) is 5.07. The number of aldehydes is 2. The van der Waals surface area contributed by atoms with Crippen molar-refractivity contribution < 1.29 is 26.7 Å². The third-order valence-electron chi connectivity index (χ3n) is 6.03. The summed E-state index contributed by atoms with van der Waals surface area (Å²) in [5.74, 6) is 0. The van der Waals surface area contributed by atoms with Crippen LogP contribution >= 0.6 is 0 Å². The molecule has 0 aromatic heterocycles. The van der Waals surface area contributed by atoms with E-state index in [2.05, 4.69) is 48.5 Å². The molecule has 6 aromatic rings. The van der Waals surface area contributed by atoms with Gasteiger partial charge >= 0.3 is 0 Å². The van der Waals surface area contributed by atoms with Crippen molar-refractivity contribution in [2.45, 2.75) is 0 Å². The van der Waals surface area contributed by atoms with E-state index >= 15 is 0 Å². The quantitative estimate of drug-likeness (QED) is 0.141. The monoisotopic (exact) mass is 494 g/mol. The molecule has 2 nitrogen and oxygen atoms in total. The minimum absolute atomic E-state index is 0. The van der Waals surface area contributed by atoms with Gasteiger partial charge in [0.25, 0.3) is 0 Å². The zero-order valence-electron chi connectivity index (χ0n) is 18.9. The molecule has 0 amide bonds. The first-order valence-electron chi connectivity index (χ1n) is 11.2. The second kappa shape index (κ2) is 10.9. The number of benzene rings is 4. The normalized spacial score (nSPS) is 10.3. The van der Waals surface area contributed by atoms with Gasteiger partial charge in [-0.1, -0.05) is 58.8 Å². The van der Waals surface area contributed by atoms with Crippen LogP contribution in [-0.4, -0.2) is 12.6 Å². The van der Waals surface area contributed by atoms with Gasteiger partial charge in [0.15, 0.2) is 0 Å². The zero-order chi connectivity index (χ0) is 23.3. The number of hydrogen-bond acceptors (Lipinski definition) is 2. The molecule has 0 bridgehead atoms. The summed E-state index contributed by atoms with van der Waals surface area (Å²) in [6.07, 6.45) is 1.78. The van der Waals surface area contributed by atoms with E-state index in [1.807, 2.05) is 72.8 Å². The molecule has 0 spiro atoms. The summed E-state index contributed by atoms with van der Waals surface area (Å²) in [7, 11) is 0. The Labute approximate surface area is 215 Å². The van der Waals surface area contributed by atoms with E-state index in [-0.39, 0.29) is 17.1 Å². The van der Waals surface area contributed by atoms with Gasteiger partial charge in [0.05, 0.1) is 0 Å². The van der Waals surface area contributed by atoms with Crippen LogP contribution in [0.5, 0.6) is 0 Å². The van der Waals surface area contributed by atoms with Gasteiger partial charge in [-0.2, -0.15) is 24.3 Å². The molecule has 6 rings (SSSR count). The van der Waals surface area contributed by atoms with E-state index in [0.29, 0.717) is 0 Å². The first kappa shape index (κ1) is 24.1. The molecule has 176 valence electrons. The van der Waals surface area contributed by atoms with E-state index in [4.69, 9.17) is 0 Å². The fraction of sp³-hybridized carbons (Fsp3) is 0. The minimum Gasteiger partial charge on any atom is -0.641 e. The number of hydrogen-bond donors (Lipinski definition) is 0. The standard InChI is InChI=1S/2C16H11O.Fe/c2*17-11-12-8-9-14-6-3-7-15(16(14)10-12)13-4-1-2-5-13;/h2*1-11H;/q-5;-1;. The predicted octanol–water partition coefficient (Wildman–Crippen LogP) is 8.07. The molecule has 0 atom stereocenters. The van der Waals surface area contributed by atoms with Gasteiger partial charge in [0, 0.05) is 22.6 Å². The molecule has 0 saturated heterocycles. The van der Waals surface area contributed by atoms with E-state index < -0.39 is 0 Å². The van der Waals surface area contributed by atoms with Crippen LogP contribution in [0.2, 0.25) is 0 Å². The Balaban J connectivity index is 0.000000160. The Hall–Kier alpha value is -4.04. The largest absolute Gasteiger partial charge is 0.641 e.